The van der Waals surface area contributed by atoms with Gasteiger partial charge >= 0.3 is 11.9 Å². The molecule has 0 saturated heterocycles. The van der Waals surface area contributed by atoms with Crippen molar-refractivity contribution in [3.63, 3.8) is 0 Å². The monoisotopic (exact) mass is 1310 g/mol. The van der Waals surface area contributed by atoms with Gasteiger partial charge in [0.05, 0.1) is 29.6 Å². The van der Waals surface area contributed by atoms with Crippen LogP contribution >= 0.6 is 11.3 Å². The minimum atomic E-state index is -3.24. The van der Waals surface area contributed by atoms with Gasteiger partial charge in [-0.1, -0.05) is 72.8 Å². The van der Waals surface area contributed by atoms with Crippen molar-refractivity contribution in [2.75, 3.05) is 42.9 Å². The number of carboxylic acid groups (broad SMARTS) is 2. The maximum Gasteiger partial charge on any atom is 0.354 e. The van der Waals surface area contributed by atoms with E-state index in [-0.39, 0.29) is 47.8 Å². The van der Waals surface area contributed by atoms with Crippen LogP contribution in [0.15, 0.2) is 170 Å². The van der Waals surface area contributed by atoms with E-state index in [4.69, 9.17) is 28.8 Å². The normalized spacial score (nSPS) is 15.2. The van der Waals surface area contributed by atoms with E-state index in [2.05, 4.69) is 25.7 Å². The molecule has 7 aromatic carbocycles. The van der Waals surface area contributed by atoms with Crippen LogP contribution in [0.5, 0.6) is 28.7 Å². The van der Waals surface area contributed by atoms with Crippen LogP contribution in [0, 0.1) is 20.8 Å². The lowest BCUT2D eigenvalue weighted by molar-refractivity contribution is -0.119. The lowest BCUT2D eigenvalue weighted by Crippen LogP contribution is -2.27. The molecular formula is C73H73N5O14S2. The predicted molar refractivity (Wildman–Crippen MR) is 364 cm³/mol. The van der Waals surface area contributed by atoms with Gasteiger partial charge < -0.3 is 49.8 Å². The molecule has 0 unspecified atom stereocenters. The average Bonchev–Trinajstić information content (AvgIpc) is 1.60. The second-order valence-corrected chi connectivity index (χ2v) is 27.0. The highest BCUT2D eigenvalue weighted by Gasteiger charge is 2.53. The number of thiophene rings is 1. The summed E-state index contributed by atoms with van der Waals surface area (Å²) >= 11 is 1.22. The van der Waals surface area contributed by atoms with E-state index in [9.17, 15) is 37.5 Å². The standard InChI is InChI=1S/C26H28N2O4S.C24H20N2O5.C23H19NO5S.3H2/c1-18-7-12-22(16-24(18)20-10-8-19(9-11-20)17-27-33(3,30)31)28-25(29)26(13-14-26)21-5-4-6-23(15-21)32-2;1-14-2-5-17(11-18(14)15-3-6-19(22(27)28)25-12-15)26-23(29)24(8-9-24)16-4-7-20-21(10-16)31-13-30-20;1-13-2-4-15(11-16(13)19-6-7-20(30-19)21(25)26)24-22(27)23(8-9-23)14-3-5-17-18(10-14)29-12-28-17;;;/h4-12,15-16,27H,13-14,17H2,1-3H3,(H,28,29);2-7,10-12H,8-9,13H2,1H3,(H,26,29)(H,27,28);2-7,10-11H,8-9,12H2,1H3,(H,24,27)(H,25,26);3*1H. The van der Waals surface area contributed by atoms with Crippen LogP contribution in [-0.4, -0.2) is 80.2 Å². The van der Waals surface area contributed by atoms with Crippen LogP contribution in [-0.2, 0) is 47.2 Å². The van der Waals surface area contributed by atoms with Gasteiger partial charge in [-0.05, 0) is 211 Å². The second kappa shape index (κ2) is 26.0. The zero-order valence-electron chi connectivity index (χ0n) is 52.1. The van der Waals surface area contributed by atoms with Gasteiger partial charge in [0, 0.05) is 44.5 Å². The molecule has 19 nitrogen and oxygen atoms in total. The van der Waals surface area contributed by atoms with Crippen molar-refractivity contribution in [3.05, 3.63) is 220 Å². The van der Waals surface area contributed by atoms with Crippen LogP contribution in [0.25, 0.3) is 32.7 Å². The molecule has 9 aromatic rings. The highest BCUT2D eigenvalue weighted by Crippen LogP contribution is 2.53. The number of hydrogen-bond donors (Lipinski definition) is 6. The molecule has 14 rings (SSSR count). The minimum absolute atomic E-state index is 0. The summed E-state index contributed by atoms with van der Waals surface area (Å²) in [4.78, 5) is 67.0. The van der Waals surface area contributed by atoms with Crippen LogP contribution in [0.4, 0.5) is 17.1 Å². The number of rotatable bonds is 18. The van der Waals surface area contributed by atoms with E-state index < -0.39 is 38.2 Å². The molecule has 0 bridgehead atoms. The zero-order valence-corrected chi connectivity index (χ0v) is 53.7. The average molecular weight is 1310 g/mol. The van der Waals surface area contributed by atoms with Crippen molar-refractivity contribution >= 4 is 68.1 Å². The van der Waals surface area contributed by atoms with Gasteiger partial charge in [0.15, 0.2) is 23.0 Å². The Bertz CT molecular complexity index is 4590. The Balaban J connectivity index is 0.000000168. The lowest BCUT2D eigenvalue weighted by Gasteiger charge is -2.18. The minimum Gasteiger partial charge on any atom is -0.497 e. The Morgan fingerprint density at radius 3 is 1.45 bits per heavy atom. The molecule has 4 heterocycles. The number of carboxylic acids is 2. The summed E-state index contributed by atoms with van der Waals surface area (Å²) in [7, 11) is -1.61. The Kier molecular flexibility index (Phi) is 17.6. The number of fused-ring (bicyclic) bond motifs is 2. The number of aryl methyl sites for hydroxylation is 3. The summed E-state index contributed by atoms with van der Waals surface area (Å²) in [6.07, 6.45) is 7.42. The first-order chi connectivity index (χ1) is 45.1. The predicted octanol–water partition coefficient (Wildman–Crippen LogP) is 14.1. The van der Waals surface area contributed by atoms with E-state index in [0.29, 0.717) is 39.2 Å². The molecular weight excluding hydrogens is 1230 g/mol. The third-order valence-electron chi connectivity index (χ3n) is 17.7. The molecule has 0 atom stereocenters. The Hall–Kier alpha value is -10.4. The van der Waals surface area contributed by atoms with E-state index in [0.717, 1.165) is 128 Å². The quantitative estimate of drug-likeness (QED) is 0.0466. The third kappa shape index (κ3) is 13.7. The summed E-state index contributed by atoms with van der Waals surface area (Å²) < 4.78 is 52.1. The van der Waals surface area contributed by atoms with Crippen molar-refractivity contribution in [2.45, 2.75) is 82.1 Å². The maximum absolute atomic E-state index is 13.2. The fourth-order valence-electron chi connectivity index (χ4n) is 11.7. The summed E-state index contributed by atoms with van der Waals surface area (Å²) in [5.74, 6) is 1.39. The van der Waals surface area contributed by atoms with Crippen molar-refractivity contribution in [2.24, 2.45) is 0 Å². The molecule has 2 aromatic heterocycles. The fraction of sp³-hybridized carbons (Fsp3) is 0.233. The van der Waals surface area contributed by atoms with Crippen LogP contribution in [0.3, 0.4) is 0 Å². The van der Waals surface area contributed by atoms with Crippen molar-refractivity contribution < 1.29 is 70.6 Å². The van der Waals surface area contributed by atoms with Crippen LogP contribution in [0.1, 0.15) is 102 Å². The molecule has 486 valence electrons. The van der Waals surface area contributed by atoms with Crippen LogP contribution in [0.2, 0.25) is 0 Å². The molecule has 5 aliphatic rings. The van der Waals surface area contributed by atoms with Gasteiger partial charge in [-0.25, -0.2) is 27.7 Å². The first kappa shape index (κ1) is 63.8. The number of pyridine rings is 1. The number of methoxy groups -OCH3 is 1. The number of amides is 3. The number of carbonyl (C=O) groups excluding carboxylic acids is 3. The van der Waals surface area contributed by atoms with Crippen LogP contribution < -0.4 is 44.4 Å². The summed E-state index contributed by atoms with van der Waals surface area (Å²) in [6.45, 7) is 6.61. The van der Waals surface area contributed by atoms with E-state index >= 15 is 0 Å². The lowest BCUT2D eigenvalue weighted by atomic mass is 9.94. The van der Waals surface area contributed by atoms with Crippen molar-refractivity contribution in [1.29, 1.82) is 0 Å². The van der Waals surface area contributed by atoms with E-state index in [1.807, 2.05) is 160 Å². The van der Waals surface area contributed by atoms with E-state index in [1.165, 1.54) is 23.6 Å². The number of ether oxygens (including phenoxy) is 5. The van der Waals surface area contributed by atoms with Crippen molar-refractivity contribution in [1.82, 2.24) is 9.71 Å². The smallest absolute Gasteiger partial charge is 0.354 e. The van der Waals surface area contributed by atoms with Crippen molar-refractivity contribution in [3.8, 4) is 61.4 Å². The molecule has 2 aliphatic heterocycles. The number of nitrogens with one attached hydrogen (secondary N) is 4. The van der Waals surface area contributed by atoms with Gasteiger partial charge in [0.2, 0.25) is 41.3 Å². The molecule has 94 heavy (non-hydrogen) atoms. The Morgan fingerprint density at radius 2 is 1.00 bits per heavy atom. The van der Waals surface area contributed by atoms with Gasteiger partial charge in [-0.15, -0.1) is 11.3 Å². The van der Waals surface area contributed by atoms with Gasteiger partial charge in [-0.2, -0.15) is 0 Å². The molecule has 0 spiro atoms. The number of aromatic carboxylic acids is 2. The molecule has 21 heteroatoms. The summed E-state index contributed by atoms with van der Waals surface area (Å²) in [6, 6.07) is 50.7. The molecule has 3 amide bonds. The second-order valence-electron chi connectivity index (χ2n) is 24.1. The Labute approximate surface area is 551 Å². The van der Waals surface area contributed by atoms with Gasteiger partial charge in [0.25, 0.3) is 0 Å². The molecule has 3 fully saturated rings. The molecule has 0 radical (unpaired) electrons. The van der Waals surface area contributed by atoms with Gasteiger partial charge in [0.1, 0.15) is 16.3 Å². The number of aromatic nitrogens is 1. The van der Waals surface area contributed by atoms with E-state index in [1.54, 1.807) is 25.3 Å². The molecule has 6 N–H and O–H groups in total. The highest BCUT2D eigenvalue weighted by molar-refractivity contribution is 7.88. The maximum atomic E-state index is 13.2. The number of benzene rings is 7. The molecule has 3 aliphatic carbocycles. The number of hydrogen-bond acceptors (Lipinski definition) is 14. The first-order valence-corrected chi connectivity index (χ1v) is 33.1. The third-order valence-corrected chi connectivity index (χ3v) is 19.5. The van der Waals surface area contributed by atoms with Gasteiger partial charge in [-0.3, -0.25) is 14.4 Å². The number of nitrogens with zero attached hydrogens (tertiary/aromatic N) is 1. The SMILES string of the molecule is COc1cccc(C2(C(=O)Nc3ccc(C)c(-c4ccc(CNS(C)(=O)=O)cc4)c3)CC2)c1.Cc1ccc(NC(=O)C2(c3ccc4c(c3)OCO4)CC2)cc1-c1ccc(C(=O)O)nc1.Cc1ccc(NC(=O)C2(c3ccc4c(c3)OCO4)CC2)cc1-c1ccc(C(=O)O)s1.[HH].[HH].[HH]. The topological polar surface area (TPSA) is 267 Å². The Morgan fingerprint density at radius 1 is 0.532 bits per heavy atom. The summed E-state index contributed by atoms with van der Waals surface area (Å²) in [5.41, 5.74) is 11.9. The number of sulfonamides is 1. The summed E-state index contributed by atoms with van der Waals surface area (Å²) in [5, 5.41) is 27.5. The largest absolute Gasteiger partial charge is 0.497 e. The first-order valence-electron chi connectivity index (χ1n) is 30.4. The fourth-order valence-corrected chi connectivity index (χ4v) is 13.0. The molecule has 3 saturated carbocycles. The number of carbonyl (C=O) groups is 5. The zero-order chi connectivity index (χ0) is 66.1. The number of anilines is 3. The highest BCUT2D eigenvalue weighted by atomic mass is 32.2.